The highest BCUT2D eigenvalue weighted by atomic mass is 14.9. The molecular formula is C23H27N. The van der Waals surface area contributed by atoms with E-state index in [4.69, 9.17) is 0 Å². The monoisotopic (exact) mass is 317 g/mol. The first-order valence-corrected chi connectivity index (χ1v) is 9.73. The van der Waals surface area contributed by atoms with E-state index >= 15 is 0 Å². The summed E-state index contributed by atoms with van der Waals surface area (Å²) in [6.07, 6.45) is 7.50. The zero-order valence-electron chi connectivity index (χ0n) is 14.3. The van der Waals surface area contributed by atoms with Gasteiger partial charge in [-0.1, -0.05) is 54.6 Å². The summed E-state index contributed by atoms with van der Waals surface area (Å²) in [4.78, 5) is 0. The first-order valence-electron chi connectivity index (χ1n) is 9.73. The van der Waals surface area contributed by atoms with Gasteiger partial charge in [0.25, 0.3) is 0 Å². The highest BCUT2D eigenvalue weighted by molar-refractivity contribution is 5.67. The van der Waals surface area contributed by atoms with E-state index in [1.165, 1.54) is 48.8 Å². The van der Waals surface area contributed by atoms with E-state index in [0.717, 1.165) is 36.3 Å². The van der Waals surface area contributed by atoms with E-state index in [1.54, 1.807) is 0 Å². The molecule has 1 N–H and O–H groups in total. The van der Waals surface area contributed by atoms with Crippen molar-refractivity contribution in [3.05, 3.63) is 60.2 Å². The number of hydrogen-bond donors (Lipinski definition) is 1. The van der Waals surface area contributed by atoms with E-state index in [0.29, 0.717) is 0 Å². The Morgan fingerprint density at radius 2 is 1.33 bits per heavy atom. The molecule has 2 aromatic carbocycles. The topological polar surface area (TPSA) is 12.0 Å². The van der Waals surface area contributed by atoms with Crippen LogP contribution in [0.25, 0.3) is 11.1 Å². The minimum absolute atomic E-state index is 0.765. The van der Waals surface area contributed by atoms with Crippen molar-refractivity contribution in [3.8, 4) is 11.1 Å². The number of nitrogens with one attached hydrogen (secondary N) is 1. The van der Waals surface area contributed by atoms with E-state index < -0.39 is 0 Å². The van der Waals surface area contributed by atoms with Crippen LogP contribution in [0.4, 0.5) is 0 Å². The molecular weight excluding hydrogens is 290 g/mol. The Morgan fingerprint density at radius 1 is 0.708 bits per heavy atom. The van der Waals surface area contributed by atoms with E-state index in [9.17, 15) is 0 Å². The smallest absolute Gasteiger partial charge is 0.0214 e. The Morgan fingerprint density at radius 3 is 2.04 bits per heavy atom. The predicted molar refractivity (Wildman–Crippen MR) is 99.6 cm³/mol. The molecule has 24 heavy (non-hydrogen) atoms. The molecule has 1 nitrogen and oxygen atoms in total. The maximum Gasteiger partial charge on any atom is 0.0214 e. The summed E-state index contributed by atoms with van der Waals surface area (Å²) in [5.74, 6) is 4.01. The van der Waals surface area contributed by atoms with Gasteiger partial charge in [0.15, 0.2) is 0 Å². The van der Waals surface area contributed by atoms with Gasteiger partial charge in [0.1, 0.15) is 0 Å². The fraction of sp³-hybridized carbons (Fsp3) is 0.478. The summed E-state index contributed by atoms with van der Waals surface area (Å²) in [5.41, 5.74) is 4.16. The molecule has 0 unspecified atom stereocenters. The first-order chi connectivity index (χ1) is 11.9. The van der Waals surface area contributed by atoms with Crippen molar-refractivity contribution in [3.63, 3.8) is 0 Å². The Labute approximate surface area is 145 Å². The molecule has 124 valence electrons. The van der Waals surface area contributed by atoms with Gasteiger partial charge in [0, 0.05) is 12.6 Å². The van der Waals surface area contributed by atoms with Gasteiger partial charge in [-0.2, -0.15) is 0 Å². The lowest BCUT2D eigenvalue weighted by molar-refractivity contribution is -0.0142. The van der Waals surface area contributed by atoms with Crippen LogP contribution in [0.1, 0.15) is 37.7 Å². The van der Waals surface area contributed by atoms with Crippen molar-refractivity contribution < 1.29 is 0 Å². The van der Waals surface area contributed by atoms with Crippen LogP contribution >= 0.6 is 0 Å². The van der Waals surface area contributed by atoms with Gasteiger partial charge < -0.3 is 5.32 Å². The molecule has 4 fully saturated rings. The zero-order valence-corrected chi connectivity index (χ0v) is 14.3. The van der Waals surface area contributed by atoms with E-state index in [2.05, 4.69) is 59.9 Å². The zero-order chi connectivity index (χ0) is 15.9. The van der Waals surface area contributed by atoms with E-state index in [1.807, 2.05) is 0 Å². The lowest BCUT2D eigenvalue weighted by atomic mass is 9.54. The number of rotatable bonds is 4. The molecule has 1 heteroatoms. The van der Waals surface area contributed by atoms with Crippen molar-refractivity contribution in [2.75, 3.05) is 0 Å². The van der Waals surface area contributed by atoms with Gasteiger partial charge in [-0.15, -0.1) is 0 Å². The molecule has 0 heterocycles. The maximum absolute atomic E-state index is 3.99. The van der Waals surface area contributed by atoms with Crippen LogP contribution in [0.5, 0.6) is 0 Å². The van der Waals surface area contributed by atoms with Crippen molar-refractivity contribution in [2.45, 2.75) is 44.7 Å². The molecule has 0 aromatic heterocycles. The molecule has 0 amide bonds. The summed E-state index contributed by atoms with van der Waals surface area (Å²) < 4.78 is 0. The van der Waals surface area contributed by atoms with Gasteiger partial charge in [-0.05, 0) is 72.5 Å². The third-order valence-corrected chi connectivity index (χ3v) is 6.86. The Hall–Kier alpha value is -1.60. The van der Waals surface area contributed by atoms with Crippen molar-refractivity contribution >= 4 is 0 Å². The van der Waals surface area contributed by atoms with Gasteiger partial charge in [0.2, 0.25) is 0 Å². The Balaban J connectivity index is 1.34. The molecule has 4 aliphatic carbocycles. The summed E-state index contributed by atoms with van der Waals surface area (Å²) in [5, 5.41) is 3.99. The van der Waals surface area contributed by atoms with Crippen LogP contribution in [-0.4, -0.2) is 6.04 Å². The molecule has 4 bridgehead atoms. The van der Waals surface area contributed by atoms with Crippen molar-refractivity contribution in [1.82, 2.24) is 5.32 Å². The second kappa shape index (κ2) is 6.04. The fourth-order valence-corrected chi connectivity index (χ4v) is 6.06. The quantitative estimate of drug-likeness (QED) is 0.810. The van der Waals surface area contributed by atoms with Crippen LogP contribution < -0.4 is 5.32 Å². The van der Waals surface area contributed by atoms with Gasteiger partial charge in [0.05, 0.1) is 0 Å². The van der Waals surface area contributed by atoms with Crippen LogP contribution in [0.2, 0.25) is 0 Å². The van der Waals surface area contributed by atoms with Crippen LogP contribution in [-0.2, 0) is 6.54 Å². The molecule has 0 spiro atoms. The minimum Gasteiger partial charge on any atom is -0.309 e. The SMILES string of the molecule is c1ccc(-c2ccccc2CNC2C3CC4CC(C3)CC2C4)cc1. The highest BCUT2D eigenvalue weighted by Crippen LogP contribution is 2.53. The lowest BCUT2D eigenvalue weighted by Gasteiger charge is -2.54. The third kappa shape index (κ3) is 2.59. The molecule has 6 rings (SSSR count). The molecule has 0 aliphatic heterocycles. The molecule has 0 saturated heterocycles. The summed E-state index contributed by atoms with van der Waals surface area (Å²) in [6.45, 7) is 1.01. The standard InChI is InChI=1S/C23H27N/c1-2-6-18(7-3-1)22-9-5-4-8-19(22)15-24-23-20-11-16-10-17(13-20)14-21(23)12-16/h1-9,16-17,20-21,23-24H,10-15H2. The highest BCUT2D eigenvalue weighted by Gasteiger charge is 2.47. The first kappa shape index (κ1) is 14.7. The Kier molecular flexibility index (Phi) is 3.70. The summed E-state index contributed by atoms with van der Waals surface area (Å²) >= 11 is 0. The summed E-state index contributed by atoms with van der Waals surface area (Å²) in [7, 11) is 0. The van der Waals surface area contributed by atoms with Crippen molar-refractivity contribution in [1.29, 1.82) is 0 Å². The molecule has 4 saturated carbocycles. The minimum atomic E-state index is 0.765. The molecule has 0 radical (unpaired) electrons. The summed E-state index contributed by atoms with van der Waals surface area (Å²) in [6, 6.07) is 20.5. The van der Waals surface area contributed by atoms with Gasteiger partial charge in [-0.3, -0.25) is 0 Å². The average Bonchev–Trinajstić information content (AvgIpc) is 2.62. The van der Waals surface area contributed by atoms with Gasteiger partial charge in [-0.25, -0.2) is 0 Å². The van der Waals surface area contributed by atoms with Crippen LogP contribution in [0.15, 0.2) is 54.6 Å². The largest absolute Gasteiger partial charge is 0.309 e. The normalized spacial score (nSPS) is 33.8. The van der Waals surface area contributed by atoms with Crippen LogP contribution in [0, 0.1) is 23.7 Å². The fourth-order valence-electron chi connectivity index (χ4n) is 6.06. The molecule has 0 atom stereocenters. The van der Waals surface area contributed by atoms with E-state index in [-0.39, 0.29) is 0 Å². The number of hydrogen-bond acceptors (Lipinski definition) is 1. The van der Waals surface area contributed by atoms with Gasteiger partial charge >= 0.3 is 0 Å². The number of benzene rings is 2. The van der Waals surface area contributed by atoms with Crippen LogP contribution in [0.3, 0.4) is 0 Å². The third-order valence-electron chi connectivity index (χ3n) is 6.86. The molecule has 4 aliphatic rings. The maximum atomic E-state index is 3.99. The Bertz CT molecular complexity index is 677. The lowest BCUT2D eigenvalue weighted by Crippen LogP contribution is -2.54. The molecule has 2 aromatic rings. The van der Waals surface area contributed by atoms with Crippen molar-refractivity contribution in [2.24, 2.45) is 23.7 Å². The second-order valence-corrected chi connectivity index (χ2v) is 8.36. The average molecular weight is 317 g/mol. The predicted octanol–water partition coefficient (Wildman–Crippen LogP) is 5.27. The second-order valence-electron chi connectivity index (χ2n) is 8.36.